The van der Waals surface area contributed by atoms with Gasteiger partial charge in [0.15, 0.2) is 0 Å². The van der Waals surface area contributed by atoms with Gasteiger partial charge in [-0.25, -0.2) is 0 Å². The maximum atomic E-state index is 10.3. The smallest absolute Gasteiger partial charge is 0.303 e. The first-order valence-electron chi connectivity index (χ1n) is 26.8. The van der Waals surface area contributed by atoms with Gasteiger partial charge in [-0.1, -0.05) is 245 Å². The number of allylic oxidation sites excluding steroid dienone is 2. The van der Waals surface area contributed by atoms with E-state index in [1.807, 2.05) is 0 Å². The summed E-state index contributed by atoms with van der Waals surface area (Å²) >= 11 is 0. The van der Waals surface area contributed by atoms with Gasteiger partial charge in [-0.15, -0.1) is 4.79 Å². The number of nitrogens with zero attached hydrogens (tertiary/aromatic N) is 2. The summed E-state index contributed by atoms with van der Waals surface area (Å²) in [5.74, 6) is 3.27. The minimum Gasteiger partial charge on any atom is -0.348 e. The number of hydrogen-bond donors (Lipinski definition) is 0. The van der Waals surface area contributed by atoms with Crippen LogP contribution in [0.25, 0.3) is 11.1 Å². The Balaban J connectivity index is 2.61. The lowest BCUT2D eigenvalue weighted by Gasteiger charge is -2.24. The van der Waals surface area contributed by atoms with Gasteiger partial charge in [0.05, 0.1) is 5.57 Å². The molecule has 0 atom stereocenters. The molecule has 0 radical (unpaired) electrons. The molecule has 0 spiro atoms. The van der Waals surface area contributed by atoms with E-state index in [1.54, 1.807) is 0 Å². The monoisotopic (exact) mass is 881 g/mol. The molecule has 0 aromatic heterocycles. The van der Waals surface area contributed by atoms with E-state index in [0.717, 1.165) is 37.7 Å². The molecule has 0 bridgehead atoms. The van der Waals surface area contributed by atoms with Gasteiger partial charge in [-0.3, -0.25) is 0 Å². The molecule has 0 N–H and O–H groups in total. The van der Waals surface area contributed by atoms with Crippen LogP contribution in [0, 0.1) is 0 Å². The summed E-state index contributed by atoms with van der Waals surface area (Å²) in [6.45, 7) is 24.4. The van der Waals surface area contributed by atoms with E-state index in [-0.39, 0.29) is 0 Å². The van der Waals surface area contributed by atoms with E-state index in [2.05, 4.69) is 114 Å². The van der Waals surface area contributed by atoms with Crippen LogP contribution >= 0.6 is 0 Å². The van der Waals surface area contributed by atoms with Crippen LogP contribution in [-0.4, -0.2) is 26.8 Å². The Morgan fingerprint density at radius 1 is 0.419 bits per heavy atom. The maximum absolute atomic E-state index is 10.3. The number of hydrogen-bond acceptors (Lipinski definition) is 0. The third kappa shape index (κ3) is 25.9. The van der Waals surface area contributed by atoms with Crippen molar-refractivity contribution in [2.45, 2.75) is 272 Å². The fraction of sp³-hybridized carbons (Fsp3) is 0.724. The first-order valence-corrected chi connectivity index (χ1v) is 34.2. The van der Waals surface area contributed by atoms with Crippen molar-refractivity contribution in [3.05, 3.63) is 86.5 Å². The van der Waals surface area contributed by atoms with Gasteiger partial charge in [0, 0.05) is 16.1 Å². The van der Waals surface area contributed by atoms with Gasteiger partial charge < -0.3 is 5.53 Å². The standard InChI is InChI=1S/C58H100N2Si2/c1-11-15-19-21-23-24-25-26-27-28-29-30-31-32-34-36-40-57(54(47-60-59)39-35-33-22-20-16-12-2)58(55-43-50(37-17-13-3)41-51(44-55)38-18-14-4)56-45-52(48-61(5,6)7)42-53(46-56)49-62(8,9)10/h41-46H,11-40,48-49H2,1-10H3. The molecule has 0 aliphatic heterocycles. The Kier molecular flexibility index (Phi) is 30.0. The van der Waals surface area contributed by atoms with Crippen LogP contribution in [-0.2, 0) is 24.9 Å². The average Bonchev–Trinajstić information content (AvgIpc) is 3.21. The summed E-state index contributed by atoms with van der Waals surface area (Å²) in [7, 11) is -2.77. The molecule has 0 aliphatic carbocycles. The van der Waals surface area contributed by atoms with Crippen LogP contribution in [0.5, 0.6) is 0 Å². The zero-order chi connectivity index (χ0) is 45.5. The third-order valence-corrected chi connectivity index (χ3v) is 15.6. The minimum absolute atomic E-state index is 0.919. The minimum atomic E-state index is -1.38. The quantitative estimate of drug-likeness (QED) is 0.0162. The molecular weight excluding hydrogens is 781 g/mol. The molecule has 0 saturated heterocycles. The van der Waals surface area contributed by atoms with Crippen molar-refractivity contribution in [3.8, 4) is 0 Å². The van der Waals surface area contributed by atoms with E-state index >= 15 is 0 Å². The van der Waals surface area contributed by atoms with Crippen LogP contribution in [0.15, 0.2) is 47.5 Å². The summed E-state index contributed by atoms with van der Waals surface area (Å²) < 4.78 is 0. The normalized spacial score (nSPS) is 12.4. The average molecular weight is 882 g/mol. The van der Waals surface area contributed by atoms with Gasteiger partial charge >= 0.3 is 5.87 Å². The van der Waals surface area contributed by atoms with Gasteiger partial charge in [-0.05, 0) is 108 Å². The Hall–Kier alpha value is -2.23. The Labute approximate surface area is 388 Å². The third-order valence-electron chi connectivity index (χ3n) is 12.7. The molecule has 350 valence electrons. The molecule has 0 saturated carbocycles. The number of aryl methyl sites for hydroxylation is 2. The summed E-state index contributed by atoms with van der Waals surface area (Å²) in [5, 5.41) is 0. The highest BCUT2D eigenvalue weighted by molar-refractivity contribution is 6.76. The molecule has 0 aliphatic rings. The van der Waals surface area contributed by atoms with Gasteiger partial charge in [-0.2, -0.15) is 0 Å². The zero-order valence-corrected chi connectivity index (χ0v) is 45.0. The lowest BCUT2D eigenvalue weighted by Crippen LogP contribution is -2.26. The van der Waals surface area contributed by atoms with Crippen LogP contribution in [0.2, 0.25) is 39.3 Å². The first kappa shape index (κ1) is 55.9. The molecule has 2 aromatic carbocycles. The van der Waals surface area contributed by atoms with Crippen molar-refractivity contribution < 1.29 is 4.79 Å². The predicted octanol–water partition coefficient (Wildman–Crippen LogP) is 19.2. The fourth-order valence-electron chi connectivity index (χ4n) is 9.50. The molecule has 62 heavy (non-hydrogen) atoms. The highest BCUT2D eigenvalue weighted by atomic mass is 28.3. The molecule has 2 rings (SSSR count). The second-order valence-corrected chi connectivity index (χ2v) is 32.8. The zero-order valence-electron chi connectivity index (χ0n) is 43.0. The van der Waals surface area contributed by atoms with E-state index in [4.69, 9.17) is 0 Å². The van der Waals surface area contributed by atoms with Crippen molar-refractivity contribution in [1.82, 2.24) is 0 Å². The van der Waals surface area contributed by atoms with Gasteiger partial charge in [0.25, 0.3) is 0 Å². The van der Waals surface area contributed by atoms with Crippen LogP contribution < -0.4 is 0 Å². The van der Waals surface area contributed by atoms with E-state index in [9.17, 15) is 5.53 Å². The maximum Gasteiger partial charge on any atom is 0.303 e. The molecule has 0 unspecified atom stereocenters. The fourth-order valence-corrected chi connectivity index (χ4v) is 12.4. The summed E-state index contributed by atoms with van der Waals surface area (Å²) in [4.78, 5) is 3.72. The number of unbranched alkanes of at least 4 members (excludes halogenated alkanes) is 22. The van der Waals surface area contributed by atoms with Crippen LogP contribution in [0.3, 0.4) is 0 Å². The highest BCUT2D eigenvalue weighted by Crippen LogP contribution is 2.38. The van der Waals surface area contributed by atoms with Gasteiger partial charge in [0.1, 0.15) is 0 Å². The summed E-state index contributed by atoms with van der Waals surface area (Å²) in [6.07, 6.45) is 38.6. The lowest BCUT2D eigenvalue weighted by atomic mass is 9.83. The SMILES string of the molecule is CCCCCCCCCCCCCCCCCCC(C(=C=[N+]=[N-])CCCCCCCC)=C(c1cc(CCCC)cc(CCCC)c1)c1cc(C[Si](C)(C)C)cc(C[Si](C)(C)C)c1. The molecule has 2 nitrogen and oxygen atoms in total. The van der Waals surface area contributed by atoms with Gasteiger partial charge in [0.2, 0.25) is 0 Å². The van der Waals surface area contributed by atoms with Crippen molar-refractivity contribution >= 4 is 27.6 Å². The molecule has 0 fully saturated rings. The highest BCUT2D eigenvalue weighted by Gasteiger charge is 2.23. The van der Waals surface area contributed by atoms with Crippen molar-refractivity contribution in [2.24, 2.45) is 0 Å². The number of rotatable bonds is 37. The number of benzene rings is 2. The molecule has 2 aromatic rings. The van der Waals surface area contributed by atoms with Crippen LogP contribution in [0.1, 0.15) is 241 Å². The Bertz CT molecular complexity index is 1550. The second-order valence-electron chi connectivity index (χ2n) is 21.9. The molecular formula is C58H100N2Si2. The van der Waals surface area contributed by atoms with E-state index in [1.165, 1.54) is 217 Å². The van der Waals surface area contributed by atoms with Crippen molar-refractivity contribution in [1.29, 1.82) is 0 Å². The molecule has 0 heterocycles. The van der Waals surface area contributed by atoms with Crippen molar-refractivity contribution in [3.63, 3.8) is 0 Å². The van der Waals surface area contributed by atoms with E-state index in [0.29, 0.717) is 0 Å². The topological polar surface area (TPSA) is 36.4 Å². The van der Waals surface area contributed by atoms with E-state index < -0.39 is 16.1 Å². The predicted molar refractivity (Wildman–Crippen MR) is 285 cm³/mol. The Morgan fingerprint density at radius 3 is 1.10 bits per heavy atom. The van der Waals surface area contributed by atoms with Crippen LogP contribution in [0.4, 0.5) is 0 Å². The first-order chi connectivity index (χ1) is 29.8. The summed E-state index contributed by atoms with van der Waals surface area (Å²) in [6, 6.07) is 17.7. The van der Waals surface area contributed by atoms with Crippen molar-refractivity contribution in [2.75, 3.05) is 0 Å². The Morgan fingerprint density at radius 2 is 0.742 bits per heavy atom. The lowest BCUT2D eigenvalue weighted by molar-refractivity contribution is 0.00739. The molecule has 0 amide bonds. The summed E-state index contributed by atoms with van der Waals surface area (Å²) in [5.41, 5.74) is 23.0. The second kappa shape index (κ2) is 33.3. The largest absolute Gasteiger partial charge is 0.348 e. The molecule has 4 heteroatoms.